The van der Waals surface area contributed by atoms with Crippen LogP contribution < -0.4 is 0 Å². The fraction of sp³-hybridized carbons (Fsp3) is 0.333. The Balaban J connectivity index is 2.19. The largest absolute Gasteiger partial charge is 0.393 e. The molecule has 0 unspecified atom stereocenters. The molecule has 1 aliphatic rings. The highest BCUT2D eigenvalue weighted by Gasteiger charge is 2.27. The van der Waals surface area contributed by atoms with Crippen LogP contribution in [0.15, 0.2) is 24.3 Å². The lowest BCUT2D eigenvalue weighted by Crippen LogP contribution is -2.24. The second kappa shape index (κ2) is 3.85. The van der Waals surface area contributed by atoms with Gasteiger partial charge in [0.05, 0.1) is 12.8 Å². The number of hydrogen-bond donors (Lipinski definition) is 0. The molecular weight excluding hydrogens is 192 g/mol. The van der Waals surface area contributed by atoms with E-state index >= 15 is 0 Å². The summed E-state index contributed by atoms with van der Waals surface area (Å²) < 4.78 is 4.48. The molecule has 15 heavy (non-hydrogen) atoms. The molecule has 1 aromatic carbocycles. The van der Waals surface area contributed by atoms with E-state index in [-0.39, 0.29) is 5.92 Å². The van der Waals surface area contributed by atoms with E-state index in [9.17, 15) is 9.59 Å². The molecule has 78 valence electrons. The minimum absolute atomic E-state index is 0.0145. The number of benzene rings is 1. The van der Waals surface area contributed by atoms with E-state index in [1.54, 1.807) is 0 Å². The zero-order chi connectivity index (χ0) is 10.8. The number of esters is 2. The first kappa shape index (κ1) is 9.90. The van der Waals surface area contributed by atoms with Gasteiger partial charge in [-0.05, 0) is 12.5 Å². The van der Waals surface area contributed by atoms with Crippen molar-refractivity contribution in [2.24, 2.45) is 0 Å². The van der Waals surface area contributed by atoms with Gasteiger partial charge in [-0.3, -0.25) is 9.59 Å². The lowest BCUT2D eigenvalue weighted by molar-refractivity contribution is -0.163. The Labute approximate surface area is 88.1 Å². The van der Waals surface area contributed by atoms with E-state index in [0.717, 1.165) is 5.56 Å². The minimum atomic E-state index is -0.420. The summed E-state index contributed by atoms with van der Waals surface area (Å²) in [7, 11) is 0. The van der Waals surface area contributed by atoms with Crippen LogP contribution in [0.25, 0.3) is 0 Å². The van der Waals surface area contributed by atoms with Crippen LogP contribution in [-0.2, 0) is 14.3 Å². The van der Waals surface area contributed by atoms with Crippen molar-refractivity contribution < 1.29 is 14.3 Å². The van der Waals surface area contributed by atoms with Gasteiger partial charge < -0.3 is 4.74 Å². The molecule has 1 aliphatic heterocycles. The first-order valence-corrected chi connectivity index (χ1v) is 4.95. The van der Waals surface area contributed by atoms with Gasteiger partial charge >= 0.3 is 11.9 Å². The van der Waals surface area contributed by atoms with Crippen molar-refractivity contribution in [3.63, 3.8) is 0 Å². The van der Waals surface area contributed by atoms with Gasteiger partial charge in [-0.1, -0.05) is 29.8 Å². The first-order valence-electron chi connectivity index (χ1n) is 4.95. The van der Waals surface area contributed by atoms with Crippen LogP contribution in [0.3, 0.4) is 0 Å². The van der Waals surface area contributed by atoms with Crippen LogP contribution in [0.1, 0.15) is 29.9 Å². The van der Waals surface area contributed by atoms with E-state index < -0.39 is 11.9 Å². The fourth-order valence-electron chi connectivity index (χ4n) is 1.76. The maximum Gasteiger partial charge on any atom is 0.314 e. The van der Waals surface area contributed by atoms with Crippen molar-refractivity contribution in [1.82, 2.24) is 0 Å². The van der Waals surface area contributed by atoms with Gasteiger partial charge in [-0.15, -0.1) is 0 Å². The van der Waals surface area contributed by atoms with E-state index in [1.807, 2.05) is 31.2 Å². The topological polar surface area (TPSA) is 43.4 Å². The standard InChI is InChI=1S/C12H12O3/c1-8-2-4-9(5-3-8)10-6-11(13)15-12(14)7-10/h2-5,10H,6-7H2,1H3. The molecule has 1 saturated heterocycles. The van der Waals surface area contributed by atoms with Gasteiger partial charge in [0.2, 0.25) is 0 Å². The highest BCUT2D eigenvalue weighted by Crippen LogP contribution is 2.28. The lowest BCUT2D eigenvalue weighted by Gasteiger charge is -2.19. The zero-order valence-electron chi connectivity index (χ0n) is 8.53. The van der Waals surface area contributed by atoms with Crippen molar-refractivity contribution in [3.8, 4) is 0 Å². The van der Waals surface area contributed by atoms with Crippen molar-refractivity contribution in [3.05, 3.63) is 35.4 Å². The molecule has 3 heteroatoms. The van der Waals surface area contributed by atoms with Crippen LogP contribution in [-0.4, -0.2) is 11.9 Å². The molecule has 0 bridgehead atoms. The smallest absolute Gasteiger partial charge is 0.314 e. The quantitative estimate of drug-likeness (QED) is 0.518. The molecule has 3 nitrogen and oxygen atoms in total. The molecule has 0 aromatic heterocycles. The van der Waals surface area contributed by atoms with E-state index in [1.165, 1.54) is 5.56 Å². The average Bonchev–Trinajstić information content (AvgIpc) is 2.17. The van der Waals surface area contributed by atoms with Gasteiger partial charge in [0.15, 0.2) is 0 Å². The van der Waals surface area contributed by atoms with Crippen LogP contribution >= 0.6 is 0 Å². The van der Waals surface area contributed by atoms with Gasteiger partial charge in [0.25, 0.3) is 0 Å². The van der Waals surface area contributed by atoms with Crippen molar-refractivity contribution in [2.45, 2.75) is 25.7 Å². The van der Waals surface area contributed by atoms with E-state index in [2.05, 4.69) is 4.74 Å². The second-order valence-electron chi connectivity index (χ2n) is 3.86. The predicted octanol–water partition coefficient (Wildman–Crippen LogP) is 1.94. The highest BCUT2D eigenvalue weighted by atomic mass is 16.6. The molecule has 1 fully saturated rings. The van der Waals surface area contributed by atoms with E-state index in [0.29, 0.717) is 12.8 Å². The monoisotopic (exact) mass is 204 g/mol. The van der Waals surface area contributed by atoms with Crippen LogP contribution in [0, 0.1) is 6.92 Å². The average molecular weight is 204 g/mol. The number of cyclic esters (lactones) is 2. The number of rotatable bonds is 1. The maximum absolute atomic E-state index is 11.1. The summed E-state index contributed by atoms with van der Waals surface area (Å²) in [5, 5.41) is 0. The van der Waals surface area contributed by atoms with Crippen molar-refractivity contribution in [1.29, 1.82) is 0 Å². The summed E-state index contributed by atoms with van der Waals surface area (Å²) in [4.78, 5) is 22.2. The molecular formula is C12H12O3. The first-order chi connectivity index (χ1) is 7.15. The molecule has 1 aromatic rings. The molecule has 1 heterocycles. The molecule has 0 amide bonds. The highest BCUT2D eigenvalue weighted by molar-refractivity contribution is 5.89. The Kier molecular flexibility index (Phi) is 2.54. The van der Waals surface area contributed by atoms with Crippen molar-refractivity contribution in [2.75, 3.05) is 0 Å². The molecule has 0 N–H and O–H groups in total. The third-order valence-corrected chi connectivity index (χ3v) is 2.60. The Morgan fingerprint density at radius 1 is 1.07 bits per heavy atom. The van der Waals surface area contributed by atoms with Gasteiger partial charge in [-0.25, -0.2) is 0 Å². The third-order valence-electron chi connectivity index (χ3n) is 2.60. The number of aryl methyl sites for hydroxylation is 1. The summed E-state index contributed by atoms with van der Waals surface area (Å²) in [5.41, 5.74) is 2.20. The summed E-state index contributed by atoms with van der Waals surface area (Å²) in [6.45, 7) is 2.00. The Hall–Kier alpha value is -1.64. The zero-order valence-corrected chi connectivity index (χ0v) is 8.53. The molecule has 0 spiro atoms. The number of carbonyl (C=O) groups excluding carboxylic acids is 2. The van der Waals surface area contributed by atoms with Crippen LogP contribution in [0.5, 0.6) is 0 Å². The molecule has 0 radical (unpaired) electrons. The van der Waals surface area contributed by atoms with Crippen LogP contribution in [0.2, 0.25) is 0 Å². The maximum atomic E-state index is 11.1. The Bertz CT molecular complexity index is 376. The molecule has 2 rings (SSSR count). The lowest BCUT2D eigenvalue weighted by atomic mass is 9.91. The molecule has 0 atom stereocenters. The Morgan fingerprint density at radius 3 is 2.13 bits per heavy atom. The number of hydrogen-bond acceptors (Lipinski definition) is 3. The summed E-state index contributed by atoms with van der Waals surface area (Å²) in [6, 6.07) is 7.90. The predicted molar refractivity (Wildman–Crippen MR) is 54.3 cm³/mol. The normalized spacial score (nSPS) is 17.7. The summed E-state index contributed by atoms with van der Waals surface area (Å²) in [6.07, 6.45) is 0.601. The van der Waals surface area contributed by atoms with Gasteiger partial charge in [-0.2, -0.15) is 0 Å². The van der Waals surface area contributed by atoms with E-state index in [4.69, 9.17) is 0 Å². The number of carbonyl (C=O) groups is 2. The van der Waals surface area contributed by atoms with Gasteiger partial charge in [0.1, 0.15) is 0 Å². The molecule has 0 aliphatic carbocycles. The minimum Gasteiger partial charge on any atom is -0.393 e. The second-order valence-corrected chi connectivity index (χ2v) is 3.86. The fourth-order valence-corrected chi connectivity index (χ4v) is 1.76. The summed E-state index contributed by atoms with van der Waals surface area (Å²) in [5.74, 6) is -0.854. The third kappa shape index (κ3) is 2.24. The summed E-state index contributed by atoms with van der Waals surface area (Å²) >= 11 is 0. The van der Waals surface area contributed by atoms with Gasteiger partial charge in [0, 0.05) is 5.92 Å². The Morgan fingerprint density at radius 2 is 1.60 bits per heavy atom. The SMILES string of the molecule is Cc1ccc(C2CC(=O)OC(=O)C2)cc1. The molecule has 0 saturated carbocycles. The van der Waals surface area contributed by atoms with Crippen LogP contribution in [0.4, 0.5) is 0 Å². The van der Waals surface area contributed by atoms with Crippen molar-refractivity contribution >= 4 is 11.9 Å². The number of ether oxygens (including phenoxy) is 1.